The predicted octanol–water partition coefficient (Wildman–Crippen LogP) is 5.49. The number of nitrogens with zero attached hydrogens (tertiary/aromatic N) is 1. The van der Waals surface area contributed by atoms with Gasteiger partial charge in [-0.2, -0.15) is 0 Å². The molecule has 0 aromatic carbocycles. The third-order valence-electron chi connectivity index (χ3n) is 20.3. The average molecular weight is 1190 g/mol. The van der Waals surface area contributed by atoms with Crippen molar-refractivity contribution < 1.29 is 97.2 Å². The molecular weight excluding hydrogens is 1100 g/mol. The number of Topliss-reactive ketones (excluding diaryl/α,β-unsaturated/α-hetero) is 1. The summed E-state index contributed by atoms with van der Waals surface area (Å²) in [5, 5.41) is 83.4. The molecule has 9 rings (SSSR count). The summed E-state index contributed by atoms with van der Waals surface area (Å²) in [5.41, 5.74) is -3.21. The van der Waals surface area contributed by atoms with E-state index < -0.39 is 174 Å². The van der Waals surface area contributed by atoms with Gasteiger partial charge in [0, 0.05) is 62.4 Å². The van der Waals surface area contributed by atoms with Crippen LogP contribution in [0.15, 0.2) is 58.4 Å². The molecule has 6 fully saturated rings. The third kappa shape index (κ3) is 12.0. The number of aliphatic hydroxyl groups is 5. The highest BCUT2D eigenvalue weighted by Crippen LogP contribution is 2.61. The molecule has 9 aliphatic rings. The molecule has 2 bridgehead atoms. The number of aliphatic hydroxyl groups excluding tert-OH is 5. The first-order chi connectivity index (χ1) is 39.6. The lowest BCUT2D eigenvalue weighted by Crippen LogP contribution is -2.67. The number of carbonyl (C=O) groups excluding carboxylic acids is 3. The Balaban J connectivity index is 1.01. The zero-order chi connectivity index (χ0) is 61.2. The van der Waals surface area contributed by atoms with Crippen LogP contribution in [0.1, 0.15) is 121 Å². The third-order valence-corrected chi connectivity index (χ3v) is 20.3. The van der Waals surface area contributed by atoms with Gasteiger partial charge in [0.25, 0.3) is 0 Å². The predicted molar refractivity (Wildman–Crippen MR) is 298 cm³/mol. The summed E-state index contributed by atoms with van der Waals surface area (Å²) in [6.07, 6.45) is -3.27. The molecule has 0 aromatic heterocycles. The highest BCUT2D eigenvalue weighted by molar-refractivity contribution is 6.26. The van der Waals surface area contributed by atoms with Crippen LogP contribution in [0.25, 0.3) is 0 Å². The fraction of sp³-hybridized carbons (Fsp3) is 0.787. The van der Waals surface area contributed by atoms with Crippen molar-refractivity contribution in [2.45, 2.75) is 237 Å². The minimum Gasteiger partial charge on any atom is -0.762 e. The molecule has 5 heterocycles. The van der Waals surface area contributed by atoms with E-state index in [0.717, 1.165) is 5.57 Å². The van der Waals surface area contributed by atoms with Crippen molar-refractivity contribution in [2.24, 2.45) is 46.8 Å². The number of fused-ring (bicyclic) bond motifs is 4. The van der Waals surface area contributed by atoms with E-state index in [-0.39, 0.29) is 68.0 Å². The number of hydroxylamine groups is 2. The Hall–Kier alpha value is -3.73. The molecule has 1 saturated carbocycles. The number of allylic oxidation sites excluding steroid dienone is 3. The Morgan fingerprint density at radius 2 is 1.38 bits per heavy atom. The van der Waals surface area contributed by atoms with Crippen molar-refractivity contribution in [1.29, 1.82) is 0 Å². The summed E-state index contributed by atoms with van der Waals surface area (Å²) in [7, 11) is 2.69. The van der Waals surface area contributed by atoms with E-state index in [0.29, 0.717) is 17.6 Å². The molecule has 472 valence electrons. The quantitative estimate of drug-likeness (QED) is 0.0550. The highest BCUT2D eigenvalue weighted by Gasteiger charge is 2.64. The number of rotatable bonds is 12. The van der Waals surface area contributed by atoms with Crippen molar-refractivity contribution in [1.82, 2.24) is 10.5 Å². The minimum atomic E-state index is -1.81. The zero-order valence-electron chi connectivity index (χ0n) is 50.7. The number of alkyl carbamates (subject to hydrolysis) is 1. The second kappa shape index (κ2) is 25.4. The van der Waals surface area contributed by atoms with Crippen molar-refractivity contribution in [3.63, 3.8) is 0 Å². The molecule has 1 spiro atoms. The lowest BCUT2D eigenvalue weighted by Gasteiger charge is -2.56. The van der Waals surface area contributed by atoms with Gasteiger partial charge in [-0.1, -0.05) is 63.6 Å². The fourth-order valence-corrected chi connectivity index (χ4v) is 15.8. The van der Waals surface area contributed by atoms with E-state index in [1.165, 1.54) is 21.1 Å². The van der Waals surface area contributed by atoms with Gasteiger partial charge in [-0.15, -0.1) is 0 Å². The Labute approximate surface area is 492 Å². The van der Waals surface area contributed by atoms with Gasteiger partial charge in [0.15, 0.2) is 30.8 Å². The molecule has 5 aliphatic heterocycles. The summed E-state index contributed by atoms with van der Waals surface area (Å²) in [6, 6.07) is -1.02. The summed E-state index contributed by atoms with van der Waals surface area (Å²) < 4.78 is 68.0. The van der Waals surface area contributed by atoms with Crippen molar-refractivity contribution in [3.05, 3.63) is 63.6 Å². The van der Waals surface area contributed by atoms with Gasteiger partial charge in [0.2, 0.25) is 5.78 Å². The molecule has 7 N–H and O–H groups in total. The molecule has 0 aromatic rings. The van der Waals surface area contributed by atoms with Crippen LogP contribution in [-0.4, -0.2) is 190 Å². The maximum absolute atomic E-state index is 15.6. The van der Waals surface area contributed by atoms with Gasteiger partial charge < -0.3 is 93.4 Å². The second-order valence-electron chi connectivity index (χ2n) is 26.0. The number of esters is 1. The van der Waals surface area contributed by atoms with Crippen molar-refractivity contribution in [2.75, 3.05) is 20.8 Å². The average Bonchev–Trinajstić information content (AvgIpc) is 2.80. The molecule has 23 heteroatoms. The van der Waals surface area contributed by atoms with Crippen LogP contribution in [0.3, 0.4) is 0 Å². The second-order valence-corrected chi connectivity index (χ2v) is 26.0. The monoisotopic (exact) mass is 1190 g/mol. The Morgan fingerprint density at radius 3 is 2.01 bits per heavy atom. The largest absolute Gasteiger partial charge is 0.762 e. The van der Waals surface area contributed by atoms with Crippen LogP contribution in [0.4, 0.5) is 4.79 Å². The molecule has 0 unspecified atom stereocenters. The number of hydrogen-bond acceptors (Lipinski definition) is 22. The molecule has 23 nitrogen and oxygen atoms in total. The number of ketones is 1. The lowest BCUT2D eigenvalue weighted by molar-refractivity contribution is -0.335. The Morgan fingerprint density at radius 1 is 0.762 bits per heavy atom. The van der Waals surface area contributed by atoms with E-state index in [1.54, 1.807) is 39.8 Å². The lowest BCUT2D eigenvalue weighted by atomic mass is 9.49. The molecule has 5 saturated heterocycles. The Kier molecular flexibility index (Phi) is 19.6. The highest BCUT2D eigenvalue weighted by atomic mass is 16.8. The first-order valence-corrected chi connectivity index (χ1v) is 30.0. The van der Waals surface area contributed by atoms with Crippen LogP contribution in [0, 0.1) is 52.0 Å². The van der Waals surface area contributed by atoms with Gasteiger partial charge in [-0.05, 0) is 96.1 Å². The van der Waals surface area contributed by atoms with Gasteiger partial charge in [0.05, 0.1) is 80.2 Å². The standard InChI is InChI=1S/C61H91N2O21/c1-27-14-17-42(80-47-25-59(10,63(72)73)54(35(9)79-47)62-58(71)75-13)28(2)19-37-20-36(26-64)31(5)24-61(37)56(69)48(57(70)84-61)55(68)60(11)39(27)16-15-38-49(60)29(3)18-30(4)51(38)82-46-23-43(50(67)32(6)76-46)81-44-22-41(66)53(34(8)78-44)83-45-21-40(65)52(74-12)33(7)77-45/h14-16,19-20,29-35,37-47,49-54,64-68,72H,17-18,21-26H2,1-13H3,(H,62,71)/q-1/b27-14+,28-19+,55-48?/t29-,30+,31-,32-,33-,34-,35+,37-,38+,39-,40+,41+,42+,43+,44-,45+,46-,47-,49+,50-,51-,52-,53-,54-,59-,60+,61-/m0/s1. The maximum Gasteiger partial charge on any atom is 0.407 e. The van der Waals surface area contributed by atoms with Crippen LogP contribution in [0.2, 0.25) is 0 Å². The summed E-state index contributed by atoms with van der Waals surface area (Å²) >= 11 is 0. The number of nitrogens with one attached hydrogen (secondary N) is 1. The topological polar surface area (TPSA) is 312 Å². The maximum atomic E-state index is 15.6. The van der Waals surface area contributed by atoms with Crippen molar-refractivity contribution in [3.8, 4) is 0 Å². The molecule has 0 radical (unpaired) electrons. The number of amides is 1. The Bertz CT molecular complexity index is 2550. The molecule has 84 heavy (non-hydrogen) atoms. The molecule has 4 aliphatic carbocycles. The van der Waals surface area contributed by atoms with Crippen LogP contribution >= 0.6 is 0 Å². The summed E-state index contributed by atoms with van der Waals surface area (Å²) in [5.74, 6) is -5.03. The van der Waals surface area contributed by atoms with Gasteiger partial charge in [-0.25, -0.2) is 9.59 Å². The molecule has 27 atom stereocenters. The van der Waals surface area contributed by atoms with Crippen LogP contribution < -0.4 is 5.32 Å². The van der Waals surface area contributed by atoms with E-state index in [1.807, 2.05) is 39.8 Å². The van der Waals surface area contributed by atoms with E-state index in [2.05, 4.69) is 25.2 Å². The van der Waals surface area contributed by atoms with E-state index in [4.69, 9.17) is 52.1 Å². The number of methoxy groups -OCH3 is 2. The van der Waals surface area contributed by atoms with Gasteiger partial charge in [-0.3, -0.25) is 10.0 Å². The minimum absolute atomic E-state index is 0.0115. The first-order valence-electron chi connectivity index (χ1n) is 30.0. The van der Waals surface area contributed by atoms with Crippen LogP contribution in [-0.2, 0) is 61.7 Å². The summed E-state index contributed by atoms with van der Waals surface area (Å²) in [4.78, 5) is 42.7. The van der Waals surface area contributed by atoms with E-state index >= 15 is 4.79 Å². The van der Waals surface area contributed by atoms with Gasteiger partial charge in [0.1, 0.15) is 29.6 Å². The molecule has 1 amide bonds. The zero-order valence-corrected chi connectivity index (χ0v) is 50.7. The number of hydrogen-bond donors (Lipinski definition) is 7. The smallest absolute Gasteiger partial charge is 0.407 e. The fourth-order valence-electron chi connectivity index (χ4n) is 15.8. The summed E-state index contributed by atoms with van der Waals surface area (Å²) in [6.45, 7) is 19.7. The van der Waals surface area contributed by atoms with Gasteiger partial charge >= 0.3 is 12.1 Å². The van der Waals surface area contributed by atoms with Crippen molar-refractivity contribution >= 4 is 17.8 Å². The first kappa shape index (κ1) is 64.7. The van der Waals surface area contributed by atoms with E-state index in [9.17, 15) is 45.5 Å². The van der Waals surface area contributed by atoms with Crippen LogP contribution in [0.5, 0.6) is 0 Å². The molecular formula is C61H91N2O21-. The number of carbonyl (C=O) groups is 3. The number of ether oxygens (including phenoxy) is 11. The SMILES string of the molecule is COC(=O)N[C@H]1[C@@H](C)O[C@@H](O[C@@H]2C/C=C(\C)[C@@H]3C=C[C@H]4[C@@H](O[C@H]5C[C@@H](O[C@H]6C[C@@H](O)[C@@H](O[C@@H]7C[C@@H](O)[C@@H](OC)[C@H](C)O7)[C@H](C)O6)[C@@H](O)[C@H](C)O5)[C@H](C)C[C@H](C)[C@H]4[C@]3(C)C(O)=C3C(=O)O[C@]4(C[C@H](C)C(CO)=C[C@@H]4/C=C/2C)C3=O)C[C@]1(C)N([O-])O. The normalized spacial score (nSPS) is 48.6.